The standard InChI is InChI=1S/C23H25N3O6/c1-30-15-4-5-19-16(10-15)18(13-24-19)14-6-8-25(9-7-14)23(27)17-11-21(31-2)22(32-3)12-20(17)26(28)29/h4-5,10-14,24H,6-9H2,1-3H3. The van der Waals surface area contributed by atoms with E-state index in [-0.39, 0.29) is 34.6 Å². The van der Waals surface area contributed by atoms with E-state index in [2.05, 4.69) is 4.98 Å². The van der Waals surface area contributed by atoms with Crippen LogP contribution in [0.15, 0.2) is 36.5 Å². The van der Waals surface area contributed by atoms with Gasteiger partial charge in [0, 0.05) is 36.3 Å². The lowest BCUT2D eigenvalue weighted by Crippen LogP contribution is -2.38. The van der Waals surface area contributed by atoms with E-state index in [9.17, 15) is 14.9 Å². The molecule has 32 heavy (non-hydrogen) atoms. The molecule has 0 spiro atoms. The molecular formula is C23H25N3O6. The molecule has 1 N–H and O–H groups in total. The number of fused-ring (bicyclic) bond motifs is 1. The highest BCUT2D eigenvalue weighted by atomic mass is 16.6. The van der Waals surface area contributed by atoms with Crippen molar-refractivity contribution in [2.45, 2.75) is 18.8 Å². The maximum absolute atomic E-state index is 13.2. The van der Waals surface area contributed by atoms with Gasteiger partial charge in [-0.2, -0.15) is 0 Å². The molecule has 9 nitrogen and oxygen atoms in total. The van der Waals surface area contributed by atoms with E-state index in [0.29, 0.717) is 13.1 Å². The summed E-state index contributed by atoms with van der Waals surface area (Å²) in [5.41, 5.74) is 1.95. The Balaban J connectivity index is 1.55. The normalized spacial score (nSPS) is 14.4. The van der Waals surface area contributed by atoms with Crippen molar-refractivity contribution in [2.24, 2.45) is 0 Å². The SMILES string of the molecule is COc1ccc2[nH]cc(C3CCN(C(=O)c4cc(OC)c(OC)cc4[N+](=O)[O-])CC3)c2c1. The average molecular weight is 439 g/mol. The summed E-state index contributed by atoms with van der Waals surface area (Å²) in [5.74, 6) is 1.19. The first-order valence-corrected chi connectivity index (χ1v) is 10.3. The van der Waals surface area contributed by atoms with Gasteiger partial charge < -0.3 is 24.1 Å². The van der Waals surface area contributed by atoms with Crippen molar-refractivity contribution < 1.29 is 23.9 Å². The largest absolute Gasteiger partial charge is 0.497 e. The smallest absolute Gasteiger partial charge is 0.286 e. The second-order valence-corrected chi connectivity index (χ2v) is 7.70. The Morgan fingerprint density at radius 3 is 2.38 bits per heavy atom. The molecule has 1 saturated heterocycles. The number of likely N-dealkylation sites (tertiary alicyclic amines) is 1. The molecule has 1 aliphatic rings. The third-order valence-electron chi connectivity index (χ3n) is 6.07. The number of rotatable bonds is 6. The Kier molecular flexibility index (Phi) is 5.89. The van der Waals surface area contributed by atoms with Gasteiger partial charge in [0.1, 0.15) is 11.3 Å². The minimum Gasteiger partial charge on any atom is -0.497 e. The molecule has 1 aromatic heterocycles. The fraction of sp³-hybridized carbons (Fsp3) is 0.348. The van der Waals surface area contributed by atoms with Gasteiger partial charge in [-0.1, -0.05) is 0 Å². The molecule has 2 aromatic carbocycles. The highest BCUT2D eigenvalue weighted by Crippen LogP contribution is 2.38. The third-order valence-corrected chi connectivity index (χ3v) is 6.07. The van der Waals surface area contributed by atoms with Crippen LogP contribution < -0.4 is 14.2 Å². The van der Waals surface area contributed by atoms with Crippen LogP contribution in [0.2, 0.25) is 0 Å². The summed E-state index contributed by atoms with van der Waals surface area (Å²) >= 11 is 0. The van der Waals surface area contributed by atoms with Crippen molar-refractivity contribution >= 4 is 22.5 Å². The van der Waals surface area contributed by atoms with Gasteiger partial charge in [0.25, 0.3) is 11.6 Å². The van der Waals surface area contributed by atoms with Crippen molar-refractivity contribution in [3.8, 4) is 17.2 Å². The summed E-state index contributed by atoms with van der Waals surface area (Å²) in [6.45, 7) is 1.01. The number of nitro groups is 1. The van der Waals surface area contributed by atoms with E-state index in [1.165, 1.54) is 31.9 Å². The van der Waals surface area contributed by atoms with Crippen LogP contribution in [0.4, 0.5) is 5.69 Å². The predicted octanol–water partition coefficient (Wildman–Crippen LogP) is 4.12. The molecule has 1 fully saturated rings. The molecule has 0 radical (unpaired) electrons. The summed E-state index contributed by atoms with van der Waals surface area (Å²) in [4.78, 5) is 29.2. The lowest BCUT2D eigenvalue weighted by Gasteiger charge is -2.32. The van der Waals surface area contributed by atoms with Crippen molar-refractivity contribution in [3.05, 3.63) is 57.8 Å². The van der Waals surface area contributed by atoms with Crippen LogP contribution in [0.3, 0.4) is 0 Å². The number of methoxy groups -OCH3 is 3. The quantitative estimate of drug-likeness (QED) is 0.457. The van der Waals surface area contributed by atoms with E-state index < -0.39 is 4.92 Å². The zero-order valence-electron chi connectivity index (χ0n) is 18.2. The topological polar surface area (TPSA) is 107 Å². The predicted molar refractivity (Wildman–Crippen MR) is 119 cm³/mol. The number of hydrogen-bond donors (Lipinski definition) is 1. The van der Waals surface area contributed by atoms with E-state index in [1.54, 1.807) is 12.0 Å². The Hall–Kier alpha value is -3.75. The number of H-pyrrole nitrogens is 1. The summed E-state index contributed by atoms with van der Waals surface area (Å²) in [7, 11) is 4.47. The second-order valence-electron chi connectivity index (χ2n) is 7.70. The van der Waals surface area contributed by atoms with Crippen LogP contribution in [-0.4, -0.2) is 55.1 Å². The van der Waals surface area contributed by atoms with Gasteiger partial charge in [-0.05, 0) is 42.5 Å². The van der Waals surface area contributed by atoms with Crippen molar-refractivity contribution in [2.75, 3.05) is 34.4 Å². The number of benzene rings is 2. The summed E-state index contributed by atoms with van der Waals surface area (Å²) < 4.78 is 15.7. The number of carbonyl (C=O) groups is 1. The Morgan fingerprint density at radius 1 is 1.06 bits per heavy atom. The number of hydrogen-bond acceptors (Lipinski definition) is 6. The van der Waals surface area contributed by atoms with E-state index in [0.717, 1.165) is 29.5 Å². The van der Waals surface area contributed by atoms with Crippen LogP contribution in [0.1, 0.15) is 34.7 Å². The van der Waals surface area contributed by atoms with Crippen molar-refractivity contribution in [1.29, 1.82) is 0 Å². The molecule has 168 valence electrons. The number of aromatic nitrogens is 1. The highest BCUT2D eigenvalue weighted by molar-refractivity contribution is 5.99. The van der Waals surface area contributed by atoms with Crippen LogP contribution in [0, 0.1) is 10.1 Å². The molecular weight excluding hydrogens is 414 g/mol. The maximum atomic E-state index is 13.2. The molecule has 1 aliphatic heterocycles. The van der Waals surface area contributed by atoms with Crippen molar-refractivity contribution in [3.63, 3.8) is 0 Å². The summed E-state index contributed by atoms with van der Waals surface area (Å²) in [5, 5.41) is 12.7. The number of nitrogens with one attached hydrogen (secondary N) is 1. The molecule has 1 amide bonds. The molecule has 2 heterocycles. The monoisotopic (exact) mass is 439 g/mol. The van der Waals surface area contributed by atoms with Crippen LogP contribution >= 0.6 is 0 Å². The number of amides is 1. The molecule has 9 heteroatoms. The molecule has 0 saturated carbocycles. The fourth-order valence-corrected chi connectivity index (χ4v) is 4.34. The molecule has 0 unspecified atom stereocenters. The third kappa shape index (κ3) is 3.81. The van der Waals surface area contributed by atoms with Gasteiger partial charge in [-0.3, -0.25) is 14.9 Å². The number of carbonyl (C=O) groups excluding carboxylic acids is 1. The Morgan fingerprint density at radius 2 is 1.75 bits per heavy atom. The van der Waals surface area contributed by atoms with Gasteiger partial charge in [0.2, 0.25) is 0 Å². The van der Waals surface area contributed by atoms with Crippen LogP contribution in [0.5, 0.6) is 17.2 Å². The van der Waals surface area contributed by atoms with E-state index >= 15 is 0 Å². The first-order chi connectivity index (χ1) is 15.5. The summed E-state index contributed by atoms with van der Waals surface area (Å²) in [6, 6.07) is 8.55. The Labute approximate surface area is 185 Å². The van der Waals surface area contributed by atoms with Crippen molar-refractivity contribution in [1.82, 2.24) is 9.88 Å². The highest BCUT2D eigenvalue weighted by Gasteiger charge is 2.31. The number of ether oxygens (including phenoxy) is 3. The number of nitro benzene ring substituents is 1. The minimum absolute atomic E-state index is 0.00271. The van der Waals surface area contributed by atoms with Gasteiger partial charge in [0.15, 0.2) is 11.5 Å². The van der Waals surface area contributed by atoms with Gasteiger partial charge in [0.05, 0.1) is 32.3 Å². The number of piperidine rings is 1. The zero-order chi connectivity index (χ0) is 22.8. The molecule has 3 aromatic rings. The van der Waals surface area contributed by atoms with Crippen LogP contribution in [-0.2, 0) is 0 Å². The van der Waals surface area contributed by atoms with Gasteiger partial charge >= 0.3 is 0 Å². The summed E-state index contributed by atoms with van der Waals surface area (Å²) in [6.07, 6.45) is 3.54. The molecule has 0 bridgehead atoms. The zero-order valence-corrected chi connectivity index (χ0v) is 18.2. The number of aromatic amines is 1. The second kappa shape index (κ2) is 8.78. The lowest BCUT2D eigenvalue weighted by molar-refractivity contribution is -0.385. The molecule has 4 rings (SSSR count). The fourth-order valence-electron chi connectivity index (χ4n) is 4.34. The first-order valence-electron chi connectivity index (χ1n) is 10.3. The van der Waals surface area contributed by atoms with Crippen LogP contribution in [0.25, 0.3) is 10.9 Å². The molecule has 0 atom stereocenters. The first kappa shape index (κ1) is 21.5. The molecule has 0 aliphatic carbocycles. The minimum atomic E-state index is -0.568. The average Bonchev–Trinajstić information content (AvgIpc) is 3.25. The van der Waals surface area contributed by atoms with Gasteiger partial charge in [-0.15, -0.1) is 0 Å². The Bertz CT molecular complexity index is 1160. The van der Waals surface area contributed by atoms with E-state index in [1.807, 2.05) is 24.4 Å². The maximum Gasteiger partial charge on any atom is 0.286 e. The lowest BCUT2D eigenvalue weighted by atomic mass is 9.89. The van der Waals surface area contributed by atoms with E-state index in [4.69, 9.17) is 14.2 Å². The van der Waals surface area contributed by atoms with Gasteiger partial charge in [-0.25, -0.2) is 0 Å². The number of nitrogens with zero attached hydrogens (tertiary/aromatic N) is 2.